The first-order valence-electron chi connectivity index (χ1n) is 5.71. The number of nitrogens with two attached hydrogens (primary N) is 1. The van der Waals surface area contributed by atoms with Gasteiger partial charge >= 0.3 is 5.97 Å². The summed E-state index contributed by atoms with van der Waals surface area (Å²) in [6, 6.07) is 5.53. The molecule has 1 rings (SSSR count). The van der Waals surface area contributed by atoms with E-state index < -0.39 is 12.1 Å². The first-order chi connectivity index (χ1) is 7.95. The van der Waals surface area contributed by atoms with Gasteiger partial charge < -0.3 is 15.6 Å². The third-order valence-electron chi connectivity index (χ3n) is 2.64. The summed E-state index contributed by atoms with van der Waals surface area (Å²) in [5.41, 5.74) is 7.69. The quantitative estimate of drug-likeness (QED) is 0.823. The molecule has 0 fully saturated rings. The Labute approximate surface area is 101 Å². The molecule has 0 aliphatic carbocycles. The molecule has 4 nitrogen and oxygen atoms in total. The van der Waals surface area contributed by atoms with Gasteiger partial charge in [-0.2, -0.15) is 0 Å². The van der Waals surface area contributed by atoms with Gasteiger partial charge in [0, 0.05) is 6.04 Å². The molecule has 0 bridgehead atoms. The van der Waals surface area contributed by atoms with Gasteiger partial charge in [0.15, 0.2) is 6.10 Å². The Morgan fingerprint density at radius 1 is 1.53 bits per heavy atom. The molecule has 0 saturated carbocycles. The van der Waals surface area contributed by atoms with Crippen LogP contribution in [0, 0.1) is 6.92 Å². The van der Waals surface area contributed by atoms with Crippen molar-refractivity contribution in [1.82, 2.24) is 0 Å². The summed E-state index contributed by atoms with van der Waals surface area (Å²) >= 11 is 0. The number of hydrogen-bond donors (Lipinski definition) is 2. The average Bonchev–Trinajstić information content (AvgIpc) is 2.26. The van der Waals surface area contributed by atoms with Crippen LogP contribution in [0.3, 0.4) is 0 Å². The van der Waals surface area contributed by atoms with Gasteiger partial charge in [0.2, 0.25) is 0 Å². The lowest BCUT2D eigenvalue weighted by Crippen LogP contribution is -2.26. The maximum absolute atomic E-state index is 10.9. The minimum absolute atomic E-state index is 0.0378. The van der Waals surface area contributed by atoms with Crippen molar-refractivity contribution in [2.24, 2.45) is 5.73 Å². The molecule has 3 N–H and O–H groups in total. The number of rotatable bonds is 5. The summed E-state index contributed by atoms with van der Waals surface area (Å²) in [4.78, 5) is 10.9. The highest BCUT2D eigenvalue weighted by Gasteiger charge is 2.17. The van der Waals surface area contributed by atoms with Crippen LogP contribution in [-0.2, 0) is 4.79 Å². The van der Waals surface area contributed by atoms with Crippen LogP contribution in [0.15, 0.2) is 18.2 Å². The minimum atomic E-state index is -0.942. The first-order valence-corrected chi connectivity index (χ1v) is 5.71. The van der Waals surface area contributed by atoms with E-state index in [9.17, 15) is 4.79 Å². The lowest BCUT2D eigenvalue weighted by atomic mass is 10.1. The highest BCUT2D eigenvalue weighted by molar-refractivity contribution is 5.72. The Kier molecular flexibility index (Phi) is 4.52. The largest absolute Gasteiger partial charge is 0.479 e. The van der Waals surface area contributed by atoms with E-state index in [4.69, 9.17) is 15.6 Å². The molecule has 0 heterocycles. The van der Waals surface area contributed by atoms with E-state index in [2.05, 4.69) is 0 Å². The summed E-state index contributed by atoms with van der Waals surface area (Å²) in [6.45, 7) is 5.57. The van der Waals surface area contributed by atoms with Crippen LogP contribution in [0.5, 0.6) is 5.75 Å². The van der Waals surface area contributed by atoms with E-state index >= 15 is 0 Å². The van der Waals surface area contributed by atoms with E-state index in [0.717, 1.165) is 11.1 Å². The molecular formula is C13H19NO3. The zero-order chi connectivity index (χ0) is 13.0. The molecule has 0 aliphatic heterocycles. The predicted octanol–water partition coefficient (Wildman–Crippen LogP) is 2.26. The van der Waals surface area contributed by atoms with Crippen LogP contribution in [-0.4, -0.2) is 17.2 Å². The summed E-state index contributed by atoms with van der Waals surface area (Å²) in [5.74, 6) is -0.341. The second-order valence-corrected chi connectivity index (χ2v) is 4.17. The van der Waals surface area contributed by atoms with Gasteiger partial charge in [0.1, 0.15) is 5.75 Å². The first kappa shape index (κ1) is 13.5. The van der Waals surface area contributed by atoms with Crippen molar-refractivity contribution in [3.05, 3.63) is 29.3 Å². The van der Waals surface area contributed by atoms with E-state index in [0.29, 0.717) is 12.2 Å². The smallest absolute Gasteiger partial charge is 0.344 e. The van der Waals surface area contributed by atoms with Crippen molar-refractivity contribution < 1.29 is 14.6 Å². The fourth-order valence-electron chi connectivity index (χ4n) is 1.55. The molecule has 94 valence electrons. The number of carboxylic acids is 1. The molecule has 0 amide bonds. The van der Waals surface area contributed by atoms with E-state index in [1.54, 1.807) is 13.0 Å². The van der Waals surface area contributed by atoms with Gasteiger partial charge in [-0.3, -0.25) is 0 Å². The molecular weight excluding hydrogens is 218 g/mol. The number of benzene rings is 1. The average molecular weight is 237 g/mol. The number of ether oxygens (including phenoxy) is 1. The lowest BCUT2D eigenvalue weighted by molar-refractivity contribution is -0.145. The monoisotopic (exact) mass is 237 g/mol. The lowest BCUT2D eigenvalue weighted by Gasteiger charge is -2.16. The number of carboxylic acid groups (broad SMARTS) is 1. The molecule has 4 heteroatoms. The number of carbonyl (C=O) groups is 1. The normalized spacial score (nSPS) is 14.1. The molecule has 0 aromatic heterocycles. The Morgan fingerprint density at radius 2 is 2.18 bits per heavy atom. The highest BCUT2D eigenvalue weighted by Crippen LogP contribution is 2.23. The van der Waals surface area contributed by atoms with Crippen LogP contribution in [0.25, 0.3) is 0 Å². The van der Waals surface area contributed by atoms with Crippen molar-refractivity contribution in [2.45, 2.75) is 39.3 Å². The van der Waals surface area contributed by atoms with Gasteiger partial charge in [0.25, 0.3) is 0 Å². The molecule has 17 heavy (non-hydrogen) atoms. The fourth-order valence-corrected chi connectivity index (χ4v) is 1.55. The van der Waals surface area contributed by atoms with Gasteiger partial charge in [-0.15, -0.1) is 0 Å². The third-order valence-corrected chi connectivity index (χ3v) is 2.64. The van der Waals surface area contributed by atoms with Gasteiger partial charge in [0.05, 0.1) is 0 Å². The molecule has 2 unspecified atom stereocenters. The number of aryl methyl sites for hydroxylation is 1. The molecule has 1 aromatic carbocycles. The van der Waals surface area contributed by atoms with Crippen molar-refractivity contribution in [2.75, 3.05) is 0 Å². The maximum Gasteiger partial charge on any atom is 0.344 e. The zero-order valence-corrected chi connectivity index (χ0v) is 10.4. The molecule has 0 saturated heterocycles. The van der Waals surface area contributed by atoms with E-state index in [-0.39, 0.29) is 6.04 Å². The van der Waals surface area contributed by atoms with Crippen molar-refractivity contribution in [3.63, 3.8) is 0 Å². The topological polar surface area (TPSA) is 72.5 Å². The van der Waals surface area contributed by atoms with Crippen LogP contribution in [0.2, 0.25) is 0 Å². The predicted molar refractivity (Wildman–Crippen MR) is 66.1 cm³/mol. The highest BCUT2D eigenvalue weighted by atomic mass is 16.5. The van der Waals surface area contributed by atoms with Crippen LogP contribution < -0.4 is 10.5 Å². The second-order valence-electron chi connectivity index (χ2n) is 4.17. The molecule has 2 atom stereocenters. The summed E-state index contributed by atoms with van der Waals surface area (Å²) < 4.78 is 5.45. The summed E-state index contributed by atoms with van der Waals surface area (Å²) in [7, 11) is 0. The van der Waals surface area contributed by atoms with Crippen molar-refractivity contribution in [3.8, 4) is 5.75 Å². The van der Waals surface area contributed by atoms with Crippen LogP contribution in [0.4, 0.5) is 0 Å². The minimum Gasteiger partial charge on any atom is -0.479 e. The maximum atomic E-state index is 10.9. The molecule has 0 radical (unpaired) electrons. The number of hydrogen-bond acceptors (Lipinski definition) is 3. The van der Waals surface area contributed by atoms with E-state index in [1.165, 1.54) is 0 Å². The standard InChI is InChI=1S/C13H19NO3/c1-4-11(13(15)16)17-12-6-5-10(9(3)14)7-8(12)2/h5-7,9,11H,4,14H2,1-3H3,(H,15,16). The van der Waals surface area contributed by atoms with Crippen molar-refractivity contribution in [1.29, 1.82) is 0 Å². The number of aliphatic carboxylic acids is 1. The zero-order valence-electron chi connectivity index (χ0n) is 10.4. The summed E-state index contributed by atoms with van der Waals surface area (Å²) in [6.07, 6.45) is -0.362. The summed E-state index contributed by atoms with van der Waals surface area (Å²) in [5, 5.41) is 8.92. The van der Waals surface area contributed by atoms with Crippen LogP contribution >= 0.6 is 0 Å². The Morgan fingerprint density at radius 3 is 2.59 bits per heavy atom. The van der Waals surface area contributed by atoms with Crippen molar-refractivity contribution >= 4 is 5.97 Å². The van der Waals surface area contributed by atoms with E-state index in [1.807, 2.05) is 26.0 Å². The Balaban J connectivity index is 2.89. The fraction of sp³-hybridized carbons (Fsp3) is 0.462. The van der Waals surface area contributed by atoms with Gasteiger partial charge in [-0.25, -0.2) is 4.79 Å². The molecule has 1 aromatic rings. The SMILES string of the molecule is CCC(Oc1ccc(C(C)N)cc1C)C(=O)O. The van der Waals surface area contributed by atoms with Gasteiger partial charge in [-0.05, 0) is 37.5 Å². The second kappa shape index (κ2) is 5.68. The molecule has 0 aliphatic rings. The van der Waals surface area contributed by atoms with Gasteiger partial charge in [-0.1, -0.05) is 19.1 Å². The Hall–Kier alpha value is -1.55. The third kappa shape index (κ3) is 3.46. The Bertz CT molecular complexity index is 402. The molecule has 0 spiro atoms. The van der Waals surface area contributed by atoms with Crippen LogP contribution in [0.1, 0.15) is 37.4 Å².